The maximum Gasteiger partial charge on any atom is 0.199 e. The Balaban J connectivity index is 2.32. The summed E-state index contributed by atoms with van der Waals surface area (Å²) in [6.45, 7) is -1.03. The summed E-state index contributed by atoms with van der Waals surface area (Å²) in [5.41, 5.74) is -2.35. The Morgan fingerprint density at radius 3 is 2.20 bits per heavy atom. The van der Waals surface area contributed by atoms with Gasteiger partial charge in [-0.05, 0) is 0 Å². The van der Waals surface area contributed by atoms with E-state index in [0.717, 1.165) is 0 Å². The van der Waals surface area contributed by atoms with Gasteiger partial charge in [0.2, 0.25) is 0 Å². The van der Waals surface area contributed by atoms with Crippen molar-refractivity contribution in [3.63, 3.8) is 0 Å². The maximum absolute atomic E-state index is 12.3. The summed E-state index contributed by atoms with van der Waals surface area (Å²) in [7, 11) is 0. The SMILES string of the molecule is O=C(c1ccccc1)[C@@](O)(CO)[C@H]1O[C@H](O)[C@H](O)[C@@H]1O. The van der Waals surface area contributed by atoms with E-state index in [-0.39, 0.29) is 5.56 Å². The normalized spacial score (nSPS) is 32.9. The van der Waals surface area contributed by atoms with Crippen molar-refractivity contribution in [1.82, 2.24) is 0 Å². The molecule has 1 aliphatic rings. The van der Waals surface area contributed by atoms with E-state index in [1.54, 1.807) is 18.2 Å². The van der Waals surface area contributed by atoms with Gasteiger partial charge in [-0.1, -0.05) is 30.3 Å². The van der Waals surface area contributed by atoms with Crippen LogP contribution in [0.15, 0.2) is 30.3 Å². The molecule has 0 aliphatic carbocycles. The lowest BCUT2D eigenvalue weighted by atomic mass is 9.85. The second-order valence-corrected chi connectivity index (χ2v) is 4.71. The number of rotatable bonds is 4. The van der Waals surface area contributed by atoms with Gasteiger partial charge in [-0.2, -0.15) is 0 Å². The van der Waals surface area contributed by atoms with Crippen LogP contribution in [0.3, 0.4) is 0 Å². The fourth-order valence-corrected chi connectivity index (χ4v) is 2.18. The van der Waals surface area contributed by atoms with Crippen LogP contribution in [0.5, 0.6) is 0 Å². The average Bonchev–Trinajstić information content (AvgIpc) is 2.74. The van der Waals surface area contributed by atoms with E-state index >= 15 is 0 Å². The molecule has 5 N–H and O–H groups in total. The third-order valence-corrected chi connectivity index (χ3v) is 3.38. The fourth-order valence-electron chi connectivity index (χ4n) is 2.18. The molecule has 1 aliphatic heterocycles. The second-order valence-electron chi connectivity index (χ2n) is 4.71. The molecular weight excluding hydrogens is 268 g/mol. The molecule has 1 fully saturated rings. The van der Waals surface area contributed by atoms with Crippen molar-refractivity contribution in [1.29, 1.82) is 0 Å². The zero-order valence-corrected chi connectivity index (χ0v) is 10.5. The highest BCUT2D eigenvalue weighted by atomic mass is 16.7. The van der Waals surface area contributed by atoms with E-state index in [2.05, 4.69) is 0 Å². The molecule has 0 bridgehead atoms. The third kappa shape index (κ3) is 2.35. The van der Waals surface area contributed by atoms with Gasteiger partial charge in [0.25, 0.3) is 0 Å². The molecule has 2 rings (SSSR count). The lowest BCUT2D eigenvalue weighted by Crippen LogP contribution is -2.57. The van der Waals surface area contributed by atoms with Gasteiger partial charge in [0, 0.05) is 5.56 Å². The molecule has 7 nitrogen and oxygen atoms in total. The van der Waals surface area contributed by atoms with Crippen LogP contribution in [0.2, 0.25) is 0 Å². The molecule has 0 aromatic heterocycles. The van der Waals surface area contributed by atoms with Crippen LogP contribution in [0.25, 0.3) is 0 Å². The number of benzene rings is 1. The highest BCUT2D eigenvalue weighted by Gasteiger charge is 2.56. The van der Waals surface area contributed by atoms with Gasteiger partial charge in [-0.15, -0.1) is 0 Å². The van der Waals surface area contributed by atoms with E-state index in [9.17, 15) is 30.3 Å². The number of hydrogen-bond donors (Lipinski definition) is 5. The molecule has 110 valence electrons. The topological polar surface area (TPSA) is 127 Å². The quantitative estimate of drug-likeness (QED) is 0.406. The van der Waals surface area contributed by atoms with Crippen LogP contribution in [-0.2, 0) is 4.74 Å². The maximum atomic E-state index is 12.3. The molecule has 0 saturated carbocycles. The smallest absolute Gasteiger partial charge is 0.199 e. The fraction of sp³-hybridized carbons (Fsp3) is 0.462. The number of Topliss-reactive ketones (excluding diaryl/α,β-unsaturated/α-hetero) is 1. The molecule has 5 atom stereocenters. The van der Waals surface area contributed by atoms with Gasteiger partial charge >= 0.3 is 0 Å². The molecule has 0 radical (unpaired) electrons. The molecule has 1 aromatic rings. The average molecular weight is 284 g/mol. The third-order valence-electron chi connectivity index (χ3n) is 3.38. The predicted octanol–water partition coefficient (Wildman–Crippen LogP) is -1.97. The van der Waals surface area contributed by atoms with Crippen molar-refractivity contribution in [3.8, 4) is 0 Å². The van der Waals surface area contributed by atoms with Gasteiger partial charge in [0.1, 0.15) is 18.3 Å². The number of carbonyl (C=O) groups excluding carboxylic acids is 1. The highest BCUT2D eigenvalue weighted by Crippen LogP contribution is 2.30. The van der Waals surface area contributed by atoms with Crippen LogP contribution in [0.4, 0.5) is 0 Å². The van der Waals surface area contributed by atoms with Gasteiger partial charge in [0.15, 0.2) is 17.7 Å². The van der Waals surface area contributed by atoms with Crippen LogP contribution in [-0.4, -0.2) is 68.1 Å². The zero-order valence-electron chi connectivity index (χ0n) is 10.5. The Morgan fingerprint density at radius 1 is 1.15 bits per heavy atom. The number of carbonyl (C=O) groups is 1. The van der Waals surface area contributed by atoms with Crippen molar-refractivity contribution in [2.75, 3.05) is 6.61 Å². The molecule has 1 aromatic carbocycles. The summed E-state index contributed by atoms with van der Waals surface area (Å²) in [5, 5.41) is 48.1. The Kier molecular flexibility index (Phi) is 4.19. The van der Waals surface area contributed by atoms with Crippen molar-refractivity contribution in [2.45, 2.75) is 30.2 Å². The monoisotopic (exact) mass is 284 g/mol. The minimum Gasteiger partial charge on any atom is -0.393 e. The van der Waals surface area contributed by atoms with E-state index in [1.807, 2.05) is 0 Å². The van der Waals surface area contributed by atoms with E-state index in [1.165, 1.54) is 12.1 Å². The first kappa shape index (κ1) is 15.0. The molecular formula is C13H16O7. The van der Waals surface area contributed by atoms with E-state index < -0.39 is 42.6 Å². The zero-order chi connectivity index (χ0) is 14.9. The second kappa shape index (κ2) is 5.57. The van der Waals surface area contributed by atoms with Gasteiger partial charge in [0.05, 0.1) is 6.61 Å². The lowest BCUT2D eigenvalue weighted by Gasteiger charge is -2.31. The van der Waals surface area contributed by atoms with Crippen LogP contribution < -0.4 is 0 Å². The van der Waals surface area contributed by atoms with Gasteiger partial charge in [-0.25, -0.2) is 0 Å². The highest BCUT2D eigenvalue weighted by molar-refractivity contribution is 6.03. The minimum absolute atomic E-state index is 0.107. The van der Waals surface area contributed by atoms with Crippen molar-refractivity contribution in [2.24, 2.45) is 0 Å². The summed E-state index contributed by atoms with van der Waals surface area (Å²) in [5.74, 6) is -0.869. The largest absolute Gasteiger partial charge is 0.393 e. The van der Waals surface area contributed by atoms with Crippen LogP contribution in [0.1, 0.15) is 10.4 Å². The molecule has 7 heteroatoms. The Bertz CT molecular complexity index is 477. The number of aliphatic hydroxyl groups excluding tert-OH is 4. The predicted molar refractivity (Wildman–Crippen MR) is 65.7 cm³/mol. The molecule has 0 amide bonds. The number of ketones is 1. The number of hydrogen-bond acceptors (Lipinski definition) is 7. The van der Waals surface area contributed by atoms with Crippen LogP contribution in [0, 0.1) is 0 Å². The molecule has 0 spiro atoms. The summed E-state index contributed by atoms with van der Waals surface area (Å²) in [6, 6.07) is 7.67. The van der Waals surface area contributed by atoms with E-state index in [4.69, 9.17) is 4.74 Å². The van der Waals surface area contributed by atoms with E-state index in [0.29, 0.717) is 0 Å². The van der Waals surface area contributed by atoms with Gasteiger partial charge < -0.3 is 30.3 Å². The van der Waals surface area contributed by atoms with Crippen molar-refractivity contribution >= 4 is 5.78 Å². The minimum atomic E-state index is -2.46. The Hall–Kier alpha value is -1.35. The standard InChI is InChI=1S/C13H16O7/c14-6-13(19,10(17)7-4-2-1-3-5-7)11-8(15)9(16)12(18)20-11/h1-5,8-9,11-12,14-16,18-19H,6H2/t8-,9+,11-,12-,13-/m0/s1. The summed E-state index contributed by atoms with van der Waals surface area (Å²) < 4.78 is 4.81. The van der Waals surface area contributed by atoms with Crippen molar-refractivity contribution in [3.05, 3.63) is 35.9 Å². The Labute approximate surface area is 114 Å². The number of aliphatic hydroxyl groups is 5. The van der Waals surface area contributed by atoms with Gasteiger partial charge in [-0.3, -0.25) is 4.79 Å². The first-order valence-corrected chi connectivity index (χ1v) is 6.04. The van der Waals surface area contributed by atoms with Crippen molar-refractivity contribution < 1.29 is 35.1 Å². The Morgan fingerprint density at radius 2 is 1.75 bits per heavy atom. The molecule has 1 heterocycles. The lowest BCUT2D eigenvalue weighted by molar-refractivity contribution is -0.169. The first-order chi connectivity index (χ1) is 9.41. The summed E-state index contributed by atoms with van der Waals surface area (Å²) >= 11 is 0. The molecule has 0 unspecified atom stereocenters. The summed E-state index contributed by atoms with van der Waals surface area (Å²) in [6.07, 6.45) is -6.74. The van der Waals surface area contributed by atoms with Crippen LogP contribution >= 0.6 is 0 Å². The molecule has 20 heavy (non-hydrogen) atoms. The first-order valence-electron chi connectivity index (χ1n) is 6.04. The summed E-state index contributed by atoms with van der Waals surface area (Å²) in [4.78, 5) is 12.3. The molecule has 1 saturated heterocycles. The number of ether oxygens (including phenoxy) is 1.